The summed E-state index contributed by atoms with van der Waals surface area (Å²) in [7, 11) is 0. The van der Waals surface area contributed by atoms with Crippen LogP contribution < -0.4 is 15.8 Å². The minimum absolute atomic E-state index is 0.00271. The molecule has 1 aliphatic rings. The predicted octanol–water partition coefficient (Wildman–Crippen LogP) is -0.170. The van der Waals surface area contributed by atoms with Gasteiger partial charge < -0.3 is 20.9 Å². The molecule has 0 bridgehead atoms. The summed E-state index contributed by atoms with van der Waals surface area (Å²) in [5, 5.41) is 12.8. The van der Waals surface area contributed by atoms with Crippen LogP contribution in [0.1, 0.15) is 6.42 Å². The molecule has 0 aliphatic carbocycles. The van der Waals surface area contributed by atoms with Crippen LogP contribution in [0.5, 0.6) is 5.75 Å². The number of para-hydroxylation sites is 2. The normalized spacial score (nSPS) is 18.1. The maximum absolute atomic E-state index is 11.4. The van der Waals surface area contributed by atoms with Crippen molar-refractivity contribution < 1.29 is 14.6 Å². The highest BCUT2D eigenvalue weighted by Gasteiger charge is 2.18. The molecule has 2 rings (SSSR count). The van der Waals surface area contributed by atoms with Gasteiger partial charge in [-0.1, -0.05) is 12.1 Å². The summed E-state index contributed by atoms with van der Waals surface area (Å²) in [5.74, 6) is 0.572. The monoisotopic (exact) mass is 279 g/mol. The van der Waals surface area contributed by atoms with E-state index in [1.807, 2.05) is 17.0 Å². The average molecular weight is 279 g/mol. The quantitative estimate of drug-likeness (QED) is 0.651. The fourth-order valence-corrected chi connectivity index (χ4v) is 2.17. The third-order valence-electron chi connectivity index (χ3n) is 3.16. The van der Waals surface area contributed by atoms with E-state index < -0.39 is 6.10 Å². The van der Waals surface area contributed by atoms with Crippen LogP contribution in [0, 0.1) is 0 Å². The minimum Gasteiger partial charge on any atom is -0.489 e. The molecule has 110 valence electrons. The van der Waals surface area contributed by atoms with Crippen molar-refractivity contribution in [3.8, 4) is 5.75 Å². The molecule has 6 nitrogen and oxygen atoms in total. The highest BCUT2D eigenvalue weighted by Crippen LogP contribution is 2.19. The van der Waals surface area contributed by atoms with Crippen LogP contribution in [-0.2, 0) is 4.79 Å². The van der Waals surface area contributed by atoms with Crippen LogP contribution in [0.15, 0.2) is 24.3 Å². The second kappa shape index (κ2) is 7.12. The molecule has 1 unspecified atom stereocenters. The summed E-state index contributed by atoms with van der Waals surface area (Å²) >= 11 is 0. The van der Waals surface area contributed by atoms with Gasteiger partial charge in [-0.15, -0.1) is 0 Å². The number of nitrogen functional groups attached to an aromatic ring is 1. The van der Waals surface area contributed by atoms with Crippen LogP contribution in [0.4, 0.5) is 5.69 Å². The molecule has 20 heavy (non-hydrogen) atoms. The SMILES string of the molecule is Nc1ccccc1OCC(O)CN1CCCNC(=O)C1. The van der Waals surface area contributed by atoms with Crippen molar-refractivity contribution in [3.63, 3.8) is 0 Å². The third kappa shape index (κ3) is 4.40. The Morgan fingerprint density at radius 3 is 3.05 bits per heavy atom. The van der Waals surface area contributed by atoms with E-state index in [2.05, 4.69) is 5.32 Å². The first kappa shape index (κ1) is 14.6. The number of benzene rings is 1. The van der Waals surface area contributed by atoms with Crippen molar-refractivity contribution in [2.75, 3.05) is 38.5 Å². The maximum atomic E-state index is 11.4. The van der Waals surface area contributed by atoms with E-state index in [0.717, 1.165) is 13.0 Å². The molecule has 0 aromatic heterocycles. The molecule has 6 heteroatoms. The number of nitrogens with one attached hydrogen (secondary N) is 1. The minimum atomic E-state index is -0.652. The lowest BCUT2D eigenvalue weighted by molar-refractivity contribution is -0.121. The molecule has 0 radical (unpaired) electrons. The number of carbonyl (C=O) groups excluding carboxylic acids is 1. The number of carbonyl (C=O) groups is 1. The van der Waals surface area contributed by atoms with Crippen molar-refractivity contribution in [1.29, 1.82) is 0 Å². The zero-order chi connectivity index (χ0) is 14.4. The number of aliphatic hydroxyl groups excluding tert-OH is 1. The molecule has 1 aromatic rings. The number of nitrogens with zero attached hydrogens (tertiary/aromatic N) is 1. The van der Waals surface area contributed by atoms with E-state index in [-0.39, 0.29) is 12.5 Å². The summed E-state index contributed by atoms with van der Waals surface area (Å²) in [4.78, 5) is 13.4. The van der Waals surface area contributed by atoms with Crippen LogP contribution in [0.2, 0.25) is 0 Å². The molecule has 1 heterocycles. The summed E-state index contributed by atoms with van der Waals surface area (Å²) in [5.41, 5.74) is 6.31. The Labute approximate surface area is 118 Å². The second-order valence-corrected chi connectivity index (χ2v) is 4.94. The maximum Gasteiger partial charge on any atom is 0.234 e. The standard InChI is InChI=1S/C14H21N3O3/c15-12-4-1-2-5-13(12)20-10-11(18)8-17-7-3-6-16-14(19)9-17/h1-2,4-5,11,18H,3,6-10,15H2,(H,16,19). The Hall–Kier alpha value is -1.79. The van der Waals surface area contributed by atoms with Gasteiger partial charge in [-0.3, -0.25) is 9.69 Å². The average Bonchev–Trinajstić information content (AvgIpc) is 2.62. The summed E-state index contributed by atoms with van der Waals surface area (Å²) in [6, 6.07) is 7.17. The molecule has 1 aromatic carbocycles. The van der Waals surface area contributed by atoms with Crippen molar-refractivity contribution >= 4 is 11.6 Å². The predicted molar refractivity (Wildman–Crippen MR) is 76.4 cm³/mol. The number of anilines is 1. The number of nitrogens with two attached hydrogens (primary N) is 1. The molecule has 1 saturated heterocycles. The lowest BCUT2D eigenvalue weighted by atomic mass is 10.3. The Balaban J connectivity index is 1.78. The lowest BCUT2D eigenvalue weighted by Gasteiger charge is -2.22. The second-order valence-electron chi connectivity index (χ2n) is 4.94. The van der Waals surface area contributed by atoms with Gasteiger partial charge in [-0.25, -0.2) is 0 Å². The summed E-state index contributed by atoms with van der Waals surface area (Å²) in [6.45, 7) is 2.39. The molecule has 1 fully saturated rings. The Bertz CT molecular complexity index is 453. The Kier molecular flexibility index (Phi) is 5.20. The number of ether oxygens (including phenoxy) is 1. The summed E-state index contributed by atoms with van der Waals surface area (Å²) in [6.07, 6.45) is 0.241. The number of β-amino-alcohol motifs (C(OH)–C–C–N with tert-alkyl or cyclic N) is 1. The highest BCUT2D eigenvalue weighted by atomic mass is 16.5. The van der Waals surface area contributed by atoms with E-state index in [9.17, 15) is 9.90 Å². The zero-order valence-corrected chi connectivity index (χ0v) is 11.4. The fourth-order valence-electron chi connectivity index (χ4n) is 2.17. The van der Waals surface area contributed by atoms with Gasteiger partial charge in [0.2, 0.25) is 5.91 Å². The van der Waals surface area contributed by atoms with Crippen molar-refractivity contribution in [3.05, 3.63) is 24.3 Å². The van der Waals surface area contributed by atoms with Crippen LogP contribution >= 0.6 is 0 Å². The third-order valence-corrected chi connectivity index (χ3v) is 3.16. The topological polar surface area (TPSA) is 87.8 Å². The van der Waals surface area contributed by atoms with Gasteiger partial charge in [0.1, 0.15) is 18.5 Å². The first-order valence-corrected chi connectivity index (χ1v) is 6.79. The van der Waals surface area contributed by atoms with Gasteiger partial charge >= 0.3 is 0 Å². The molecule has 1 aliphatic heterocycles. The number of rotatable bonds is 5. The summed E-state index contributed by atoms with van der Waals surface area (Å²) < 4.78 is 5.50. The molecular weight excluding hydrogens is 258 g/mol. The van der Waals surface area contributed by atoms with Crippen LogP contribution in [-0.4, -0.2) is 54.8 Å². The van der Waals surface area contributed by atoms with Gasteiger partial charge in [0.05, 0.1) is 12.2 Å². The Morgan fingerprint density at radius 2 is 2.25 bits per heavy atom. The number of hydrogen-bond donors (Lipinski definition) is 3. The van der Waals surface area contributed by atoms with E-state index in [1.54, 1.807) is 12.1 Å². The van der Waals surface area contributed by atoms with Crippen LogP contribution in [0.3, 0.4) is 0 Å². The van der Waals surface area contributed by atoms with Crippen molar-refractivity contribution in [2.24, 2.45) is 0 Å². The van der Waals surface area contributed by atoms with Gasteiger partial charge in [-0.2, -0.15) is 0 Å². The molecule has 0 spiro atoms. The van der Waals surface area contributed by atoms with Gasteiger partial charge in [0.15, 0.2) is 0 Å². The number of aliphatic hydroxyl groups is 1. The zero-order valence-electron chi connectivity index (χ0n) is 11.4. The number of hydrogen-bond acceptors (Lipinski definition) is 5. The highest BCUT2D eigenvalue weighted by molar-refractivity contribution is 5.78. The molecule has 0 saturated carbocycles. The first-order valence-electron chi connectivity index (χ1n) is 6.79. The van der Waals surface area contributed by atoms with Crippen LogP contribution in [0.25, 0.3) is 0 Å². The van der Waals surface area contributed by atoms with E-state index in [1.165, 1.54) is 0 Å². The van der Waals surface area contributed by atoms with E-state index in [4.69, 9.17) is 10.5 Å². The first-order chi connectivity index (χ1) is 9.65. The number of amides is 1. The van der Waals surface area contributed by atoms with Gasteiger partial charge in [0, 0.05) is 19.6 Å². The van der Waals surface area contributed by atoms with Crippen molar-refractivity contribution in [2.45, 2.75) is 12.5 Å². The van der Waals surface area contributed by atoms with Gasteiger partial charge in [-0.05, 0) is 18.6 Å². The lowest BCUT2D eigenvalue weighted by Crippen LogP contribution is -2.39. The van der Waals surface area contributed by atoms with Crippen molar-refractivity contribution in [1.82, 2.24) is 10.2 Å². The van der Waals surface area contributed by atoms with E-state index >= 15 is 0 Å². The van der Waals surface area contributed by atoms with E-state index in [0.29, 0.717) is 31.1 Å². The van der Waals surface area contributed by atoms with Gasteiger partial charge in [0.25, 0.3) is 0 Å². The largest absolute Gasteiger partial charge is 0.489 e. The Morgan fingerprint density at radius 1 is 1.45 bits per heavy atom. The smallest absolute Gasteiger partial charge is 0.234 e. The molecule has 1 amide bonds. The molecular formula is C14H21N3O3. The molecule has 1 atom stereocenters. The fraction of sp³-hybridized carbons (Fsp3) is 0.500. The molecule has 4 N–H and O–H groups in total.